The van der Waals surface area contributed by atoms with Crippen molar-refractivity contribution in [2.75, 3.05) is 31.1 Å². The summed E-state index contributed by atoms with van der Waals surface area (Å²) in [5.74, 6) is 1.15. The van der Waals surface area contributed by atoms with Crippen LogP contribution < -0.4 is 4.90 Å². The van der Waals surface area contributed by atoms with Crippen LogP contribution in [0.25, 0.3) is 0 Å². The van der Waals surface area contributed by atoms with Gasteiger partial charge in [-0.05, 0) is 30.0 Å². The van der Waals surface area contributed by atoms with E-state index in [2.05, 4.69) is 14.9 Å². The standard InChI is InChI=1S/C18H19FN4O/c19-14-3-1-13(2-4-14)15-11-16(15)18(24)23-9-7-22(8-10-23)17-12-20-5-6-21-17/h1-6,12,15-16H,7-11H2/t15-,16+/m0/s1. The highest BCUT2D eigenvalue weighted by Crippen LogP contribution is 2.48. The highest BCUT2D eigenvalue weighted by atomic mass is 19.1. The lowest BCUT2D eigenvalue weighted by atomic mass is 10.1. The molecule has 1 aliphatic heterocycles. The summed E-state index contributed by atoms with van der Waals surface area (Å²) in [5, 5.41) is 0. The summed E-state index contributed by atoms with van der Waals surface area (Å²) in [6.45, 7) is 2.97. The monoisotopic (exact) mass is 326 g/mol. The van der Waals surface area contributed by atoms with Gasteiger partial charge in [-0.2, -0.15) is 0 Å². The van der Waals surface area contributed by atoms with Gasteiger partial charge in [0.2, 0.25) is 5.91 Å². The van der Waals surface area contributed by atoms with Crippen LogP contribution in [0.15, 0.2) is 42.9 Å². The van der Waals surface area contributed by atoms with E-state index in [4.69, 9.17) is 0 Å². The van der Waals surface area contributed by atoms with E-state index in [1.54, 1.807) is 30.7 Å². The molecule has 1 aliphatic carbocycles. The zero-order valence-electron chi connectivity index (χ0n) is 13.3. The molecule has 124 valence electrons. The van der Waals surface area contributed by atoms with Gasteiger partial charge in [0.15, 0.2) is 0 Å². The third-order valence-electron chi connectivity index (χ3n) is 4.87. The molecule has 1 amide bonds. The van der Waals surface area contributed by atoms with Crippen molar-refractivity contribution in [1.29, 1.82) is 0 Å². The molecule has 0 bridgehead atoms. The van der Waals surface area contributed by atoms with Gasteiger partial charge in [-0.3, -0.25) is 9.78 Å². The van der Waals surface area contributed by atoms with Crippen molar-refractivity contribution in [1.82, 2.24) is 14.9 Å². The Kier molecular flexibility index (Phi) is 3.88. The molecule has 4 rings (SSSR count). The Hall–Kier alpha value is -2.50. The predicted octanol–water partition coefficient (Wildman–Crippen LogP) is 2.07. The van der Waals surface area contributed by atoms with E-state index in [9.17, 15) is 9.18 Å². The summed E-state index contributed by atoms with van der Waals surface area (Å²) in [7, 11) is 0. The number of carbonyl (C=O) groups is 1. The second-order valence-electron chi connectivity index (χ2n) is 6.38. The van der Waals surface area contributed by atoms with Gasteiger partial charge in [-0.1, -0.05) is 12.1 Å². The van der Waals surface area contributed by atoms with Crippen molar-refractivity contribution < 1.29 is 9.18 Å². The van der Waals surface area contributed by atoms with Gasteiger partial charge < -0.3 is 9.80 Å². The van der Waals surface area contributed by atoms with E-state index in [-0.39, 0.29) is 23.6 Å². The van der Waals surface area contributed by atoms with Crippen molar-refractivity contribution in [3.05, 3.63) is 54.2 Å². The van der Waals surface area contributed by atoms with Crippen molar-refractivity contribution in [2.45, 2.75) is 12.3 Å². The van der Waals surface area contributed by atoms with Crippen LogP contribution in [0.4, 0.5) is 10.2 Å². The molecule has 2 heterocycles. The van der Waals surface area contributed by atoms with Crippen LogP contribution in [0, 0.1) is 11.7 Å². The molecule has 1 saturated heterocycles. The maximum absolute atomic E-state index is 13.0. The molecule has 2 fully saturated rings. The van der Waals surface area contributed by atoms with Gasteiger partial charge in [0.1, 0.15) is 11.6 Å². The first-order valence-electron chi connectivity index (χ1n) is 8.27. The van der Waals surface area contributed by atoms with Crippen LogP contribution in [0.2, 0.25) is 0 Å². The number of amides is 1. The fourth-order valence-electron chi connectivity index (χ4n) is 3.39. The lowest BCUT2D eigenvalue weighted by Crippen LogP contribution is -2.49. The number of hydrogen-bond donors (Lipinski definition) is 0. The van der Waals surface area contributed by atoms with Crippen molar-refractivity contribution in [3.8, 4) is 0 Å². The minimum Gasteiger partial charge on any atom is -0.352 e. The maximum atomic E-state index is 13.0. The van der Waals surface area contributed by atoms with Crippen molar-refractivity contribution in [2.24, 2.45) is 5.92 Å². The van der Waals surface area contributed by atoms with E-state index >= 15 is 0 Å². The number of benzene rings is 1. The average Bonchev–Trinajstić information content (AvgIpc) is 3.43. The quantitative estimate of drug-likeness (QED) is 0.866. The Morgan fingerprint density at radius 3 is 2.50 bits per heavy atom. The number of hydrogen-bond acceptors (Lipinski definition) is 4. The first-order chi connectivity index (χ1) is 11.7. The lowest BCUT2D eigenvalue weighted by molar-refractivity contribution is -0.133. The summed E-state index contributed by atoms with van der Waals surface area (Å²) in [4.78, 5) is 25.2. The Labute approximate surface area is 140 Å². The third-order valence-corrected chi connectivity index (χ3v) is 4.87. The molecular weight excluding hydrogens is 307 g/mol. The van der Waals surface area contributed by atoms with Gasteiger partial charge in [0.05, 0.1) is 6.20 Å². The Bertz CT molecular complexity index is 714. The number of nitrogens with zero attached hydrogens (tertiary/aromatic N) is 4. The molecule has 2 aliphatic rings. The highest BCUT2D eigenvalue weighted by Gasteiger charge is 2.46. The fourth-order valence-corrected chi connectivity index (χ4v) is 3.39. The van der Waals surface area contributed by atoms with Gasteiger partial charge in [0, 0.05) is 44.5 Å². The fraction of sp³-hybridized carbons (Fsp3) is 0.389. The number of halogens is 1. The van der Waals surface area contributed by atoms with Crippen LogP contribution in [-0.2, 0) is 4.79 Å². The van der Waals surface area contributed by atoms with E-state index in [1.807, 2.05) is 4.90 Å². The van der Waals surface area contributed by atoms with E-state index in [0.717, 1.165) is 30.9 Å². The molecule has 2 atom stereocenters. The highest BCUT2D eigenvalue weighted by molar-refractivity contribution is 5.83. The topological polar surface area (TPSA) is 49.3 Å². The van der Waals surface area contributed by atoms with Gasteiger partial charge in [0.25, 0.3) is 0 Å². The van der Waals surface area contributed by atoms with Crippen LogP contribution in [0.3, 0.4) is 0 Å². The number of aromatic nitrogens is 2. The molecular formula is C18H19FN4O. The largest absolute Gasteiger partial charge is 0.352 e. The first-order valence-corrected chi connectivity index (χ1v) is 8.27. The zero-order chi connectivity index (χ0) is 16.5. The molecule has 0 unspecified atom stereocenters. The summed E-state index contributed by atoms with van der Waals surface area (Å²) in [6.07, 6.45) is 5.97. The third kappa shape index (κ3) is 2.96. The van der Waals surface area contributed by atoms with Crippen molar-refractivity contribution >= 4 is 11.7 Å². The Balaban J connectivity index is 1.33. The molecule has 1 aromatic heterocycles. The van der Waals surface area contributed by atoms with Crippen molar-refractivity contribution in [3.63, 3.8) is 0 Å². The maximum Gasteiger partial charge on any atom is 0.226 e. The molecule has 5 nitrogen and oxygen atoms in total. The number of piperazine rings is 1. The number of anilines is 1. The number of rotatable bonds is 3. The van der Waals surface area contributed by atoms with Crippen LogP contribution in [0.5, 0.6) is 0 Å². The lowest BCUT2D eigenvalue weighted by Gasteiger charge is -2.35. The molecule has 2 aromatic rings. The smallest absolute Gasteiger partial charge is 0.226 e. The molecule has 24 heavy (non-hydrogen) atoms. The summed E-state index contributed by atoms with van der Waals surface area (Å²) in [5.41, 5.74) is 1.06. The summed E-state index contributed by atoms with van der Waals surface area (Å²) < 4.78 is 13.0. The van der Waals surface area contributed by atoms with Gasteiger partial charge in [-0.15, -0.1) is 0 Å². The molecule has 6 heteroatoms. The Morgan fingerprint density at radius 2 is 1.83 bits per heavy atom. The van der Waals surface area contributed by atoms with E-state index in [1.165, 1.54) is 12.1 Å². The summed E-state index contributed by atoms with van der Waals surface area (Å²) in [6, 6.07) is 6.52. The zero-order valence-corrected chi connectivity index (χ0v) is 13.3. The SMILES string of the molecule is O=C([C@@H]1C[C@H]1c1ccc(F)cc1)N1CCN(c2cnccn2)CC1. The number of carbonyl (C=O) groups excluding carboxylic acids is 1. The summed E-state index contributed by atoms with van der Waals surface area (Å²) >= 11 is 0. The Morgan fingerprint density at radius 1 is 1.08 bits per heavy atom. The minimum absolute atomic E-state index is 0.0542. The second-order valence-corrected chi connectivity index (χ2v) is 6.38. The normalized spacial score (nSPS) is 23.2. The molecule has 1 aromatic carbocycles. The first kappa shape index (κ1) is 15.1. The van der Waals surface area contributed by atoms with Gasteiger partial charge >= 0.3 is 0 Å². The second kappa shape index (κ2) is 6.19. The van der Waals surface area contributed by atoms with Gasteiger partial charge in [-0.25, -0.2) is 9.37 Å². The molecule has 0 spiro atoms. The molecule has 0 N–H and O–H groups in total. The van der Waals surface area contributed by atoms with Crippen LogP contribution in [-0.4, -0.2) is 47.0 Å². The molecule has 0 radical (unpaired) electrons. The predicted molar refractivity (Wildman–Crippen MR) is 88.1 cm³/mol. The minimum atomic E-state index is -0.234. The van der Waals surface area contributed by atoms with E-state index in [0.29, 0.717) is 13.1 Å². The van der Waals surface area contributed by atoms with Crippen LogP contribution in [0.1, 0.15) is 17.9 Å². The van der Waals surface area contributed by atoms with Crippen LogP contribution >= 0.6 is 0 Å². The molecule has 1 saturated carbocycles. The van der Waals surface area contributed by atoms with E-state index < -0.39 is 0 Å². The average molecular weight is 326 g/mol.